The van der Waals surface area contributed by atoms with E-state index in [4.69, 9.17) is 4.74 Å². The molecule has 1 N–H and O–H groups in total. The zero-order chi connectivity index (χ0) is 19.6. The van der Waals surface area contributed by atoms with Gasteiger partial charge in [0.2, 0.25) is 11.8 Å². The quantitative estimate of drug-likeness (QED) is 0.844. The Morgan fingerprint density at radius 2 is 1.85 bits per heavy atom. The number of benzene rings is 2. The van der Waals surface area contributed by atoms with Crippen molar-refractivity contribution in [1.82, 2.24) is 0 Å². The molecule has 140 valence electrons. The first-order valence-electron chi connectivity index (χ1n) is 8.76. The third kappa shape index (κ3) is 3.84. The number of aryl methyl sites for hydroxylation is 2. The van der Waals surface area contributed by atoms with Crippen LogP contribution in [0.2, 0.25) is 0 Å². The molecular formula is C21H22N2O4. The van der Waals surface area contributed by atoms with Crippen molar-refractivity contribution in [3.05, 3.63) is 59.2 Å². The second kappa shape index (κ2) is 7.61. The summed E-state index contributed by atoms with van der Waals surface area (Å²) in [5.74, 6) is -1.37. The smallest absolute Gasteiger partial charge is 0.339 e. The van der Waals surface area contributed by atoms with Crippen molar-refractivity contribution in [3.63, 3.8) is 0 Å². The van der Waals surface area contributed by atoms with Gasteiger partial charge in [-0.3, -0.25) is 9.59 Å². The molecule has 1 saturated heterocycles. The van der Waals surface area contributed by atoms with Gasteiger partial charge in [-0.15, -0.1) is 0 Å². The molecule has 27 heavy (non-hydrogen) atoms. The number of hydrogen-bond donors (Lipinski definition) is 1. The first-order chi connectivity index (χ1) is 12.9. The molecule has 0 spiro atoms. The van der Waals surface area contributed by atoms with Crippen LogP contribution in [0.1, 0.15) is 27.9 Å². The van der Waals surface area contributed by atoms with Gasteiger partial charge in [0, 0.05) is 18.7 Å². The van der Waals surface area contributed by atoms with Crippen LogP contribution < -0.4 is 10.2 Å². The molecule has 1 atom stereocenters. The van der Waals surface area contributed by atoms with E-state index >= 15 is 0 Å². The van der Waals surface area contributed by atoms with Crippen molar-refractivity contribution in [1.29, 1.82) is 0 Å². The van der Waals surface area contributed by atoms with Gasteiger partial charge in [-0.05, 0) is 49.2 Å². The zero-order valence-electron chi connectivity index (χ0n) is 15.6. The van der Waals surface area contributed by atoms with Crippen LogP contribution in [-0.2, 0) is 14.3 Å². The van der Waals surface area contributed by atoms with Crippen LogP contribution >= 0.6 is 0 Å². The topological polar surface area (TPSA) is 75.7 Å². The van der Waals surface area contributed by atoms with E-state index in [9.17, 15) is 14.4 Å². The van der Waals surface area contributed by atoms with Gasteiger partial charge in [-0.25, -0.2) is 4.79 Å². The maximum absolute atomic E-state index is 12.7. The Kier molecular flexibility index (Phi) is 5.26. The summed E-state index contributed by atoms with van der Waals surface area (Å²) in [6.07, 6.45) is 0.138. The van der Waals surface area contributed by atoms with E-state index in [2.05, 4.69) is 5.32 Å². The second-order valence-corrected chi connectivity index (χ2v) is 6.70. The Balaban J connectivity index is 1.75. The molecule has 0 unspecified atom stereocenters. The third-order valence-corrected chi connectivity index (χ3v) is 4.89. The van der Waals surface area contributed by atoms with Crippen molar-refractivity contribution in [2.75, 3.05) is 23.9 Å². The molecule has 1 aliphatic heterocycles. The highest BCUT2D eigenvalue weighted by atomic mass is 16.5. The van der Waals surface area contributed by atoms with E-state index < -0.39 is 11.9 Å². The molecule has 6 heteroatoms. The molecule has 1 heterocycles. The van der Waals surface area contributed by atoms with Gasteiger partial charge < -0.3 is 15.0 Å². The lowest BCUT2D eigenvalue weighted by molar-refractivity contribution is -0.122. The summed E-state index contributed by atoms with van der Waals surface area (Å²) < 4.78 is 4.74. The van der Waals surface area contributed by atoms with E-state index in [1.807, 2.05) is 32.0 Å². The lowest BCUT2D eigenvalue weighted by Crippen LogP contribution is -2.28. The monoisotopic (exact) mass is 366 g/mol. The average Bonchev–Trinajstić information content (AvgIpc) is 3.05. The van der Waals surface area contributed by atoms with E-state index in [0.717, 1.165) is 16.8 Å². The summed E-state index contributed by atoms with van der Waals surface area (Å²) in [6, 6.07) is 12.5. The number of carbonyl (C=O) groups is 3. The molecule has 0 radical (unpaired) electrons. The molecule has 0 aliphatic carbocycles. The predicted octanol–water partition coefficient (Wildman–Crippen LogP) is 3.08. The number of anilines is 2. The van der Waals surface area contributed by atoms with Gasteiger partial charge in [0.1, 0.15) is 0 Å². The van der Waals surface area contributed by atoms with E-state index in [-0.39, 0.29) is 23.8 Å². The van der Waals surface area contributed by atoms with E-state index in [0.29, 0.717) is 12.2 Å². The van der Waals surface area contributed by atoms with Gasteiger partial charge in [-0.1, -0.05) is 18.2 Å². The largest absolute Gasteiger partial charge is 0.465 e. The first-order valence-corrected chi connectivity index (χ1v) is 8.76. The summed E-state index contributed by atoms with van der Waals surface area (Å²) in [5.41, 5.74) is 3.71. The summed E-state index contributed by atoms with van der Waals surface area (Å²) in [6.45, 7) is 4.32. The van der Waals surface area contributed by atoms with Crippen molar-refractivity contribution >= 4 is 29.2 Å². The molecule has 1 fully saturated rings. The van der Waals surface area contributed by atoms with Crippen molar-refractivity contribution < 1.29 is 19.1 Å². The summed E-state index contributed by atoms with van der Waals surface area (Å²) >= 11 is 0. The van der Waals surface area contributed by atoms with Gasteiger partial charge >= 0.3 is 5.97 Å². The lowest BCUT2D eigenvalue weighted by atomic mass is 10.1. The van der Waals surface area contributed by atoms with Gasteiger partial charge in [0.15, 0.2) is 0 Å². The fourth-order valence-electron chi connectivity index (χ4n) is 3.14. The maximum atomic E-state index is 12.7. The Bertz CT molecular complexity index is 907. The minimum absolute atomic E-state index is 0.0837. The van der Waals surface area contributed by atoms with Crippen LogP contribution in [0.15, 0.2) is 42.5 Å². The molecule has 6 nitrogen and oxygen atoms in total. The predicted molar refractivity (Wildman–Crippen MR) is 103 cm³/mol. The highest BCUT2D eigenvalue weighted by molar-refractivity contribution is 6.06. The van der Waals surface area contributed by atoms with Crippen LogP contribution in [0.4, 0.5) is 11.4 Å². The zero-order valence-corrected chi connectivity index (χ0v) is 15.6. The van der Waals surface area contributed by atoms with Crippen LogP contribution in [0.3, 0.4) is 0 Å². The number of nitrogens with one attached hydrogen (secondary N) is 1. The maximum Gasteiger partial charge on any atom is 0.339 e. The molecule has 0 saturated carbocycles. The normalized spacial score (nSPS) is 16.3. The summed E-state index contributed by atoms with van der Waals surface area (Å²) in [4.78, 5) is 38.6. The lowest BCUT2D eigenvalue weighted by Gasteiger charge is -2.18. The molecule has 1 aliphatic rings. The third-order valence-electron chi connectivity index (χ3n) is 4.89. The number of esters is 1. The number of carbonyl (C=O) groups excluding carboxylic acids is 3. The summed E-state index contributed by atoms with van der Waals surface area (Å²) in [5, 5.41) is 2.76. The van der Waals surface area contributed by atoms with Gasteiger partial charge in [0.05, 0.1) is 24.3 Å². The highest BCUT2D eigenvalue weighted by Crippen LogP contribution is 2.28. The number of nitrogens with zero attached hydrogens (tertiary/aromatic N) is 1. The molecule has 2 aromatic rings. The van der Waals surface area contributed by atoms with Crippen LogP contribution in [0.5, 0.6) is 0 Å². The van der Waals surface area contributed by atoms with Crippen molar-refractivity contribution in [2.24, 2.45) is 5.92 Å². The molecule has 3 rings (SSSR count). The first kappa shape index (κ1) is 18.6. The number of hydrogen-bond acceptors (Lipinski definition) is 4. The SMILES string of the molecule is COC(=O)c1ccccc1NC(=O)[C@H]1CC(=O)N(c2ccc(C)c(C)c2)C1. The fraction of sp³-hybridized carbons (Fsp3) is 0.286. The standard InChI is InChI=1S/C21H22N2O4/c1-13-8-9-16(10-14(13)2)23-12-15(11-19(23)24)20(25)22-18-7-5-4-6-17(18)21(26)27-3/h4-10,15H,11-12H2,1-3H3,(H,22,25)/t15-/m0/s1. The average molecular weight is 366 g/mol. The highest BCUT2D eigenvalue weighted by Gasteiger charge is 2.35. The van der Waals surface area contributed by atoms with Gasteiger partial charge in [-0.2, -0.15) is 0 Å². The Hall–Kier alpha value is -3.15. The number of rotatable bonds is 4. The van der Waals surface area contributed by atoms with Crippen LogP contribution in [0.25, 0.3) is 0 Å². The molecule has 0 aromatic heterocycles. The number of amides is 2. The van der Waals surface area contributed by atoms with Gasteiger partial charge in [0.25, 0.3) is 0 Å². The van der Waals surface area contributed by atoms with Crippen LogP contribution in [-0.4, -0.2) is 31.4 Å². The molecule has 2 aromatic carbocycles. The Morgan fingerprint density at radius 1 is 1.11 bits per heavy atom. The molecule has 0 bridgehead atoms. The molecular weight excluding hydrogens is 344 g/mol. The minimum Gasteiger partial charge on any atom is -0.465 e. The number of methoxy groups -OCH3 is 1. The Morgan fingerprint density at radius 3 is 2.56 bits per heavy atom. The summed E-state index contributed by atoms with van der Waals surface area (Å²) in [7, 11) is 1.29. The van der Waals surface area contributed by atoms with Crippen molar-refractivity contribution in [2.45, 2.75) is 20.3 Å². The van der Waals surface area contributed by atoms with E-state index in [1.165, 1.54) is 7.11 Å². The Labute approximate surface area is 158 Å². The van der Waals surface area contributed by atoms with E-state index in [1.54, 1.807) is 29.2 Å². The van der Waals surface area contributed by atoms with Crippen LogP contribution in [0, 0.1) is 19.8 Å². The number of para-hydroxylation sites is 1. The number of ether oxygens (including phenoxy) is 1. The van der Waals surface area contributed by atoms with Crippen molar-refractivity contribution in [3.8, 4) is 0 Å². The fourth-order valence-corrected chi connectivity index (χ4v) is 3.14. The molecule has 2 amide bonds. The second-order valence-electron chi connectivity index (χ2n) is 6.70. The minimum atomic E-state index is -0.523.